The number of halogens is 2. The molecule has 3 amide bonds. The van der Waals surface area contributed by atoms with Gasteiger partial charge in [-0.3, -0.25) is 14.4 Å². The van der Waals surface area contributed by atoms with Gasteiger partial charge in [-0.05, 0) is 49.6 Å². The van der Waals surface area contributed by atoms with E-state index in [0.717, 1.165) is 43.6 Å². The Balaban J connectivity index is 1.59. The predicted octanol–water partition coefficient (Wildman–Crippen LogP) is 3.78. The van der Waals surface area contributed by atoms with Gasteiger partial charge in [-0.1, -0.05) is 23.7 Å². The molecule has 30 heavy (non-hydrogen) atoms. The maximum Gasteiger partial charge on any atom is 0.256 e. The van der Waals surface area contributed by atoms with E-state index in [1.807, 2.05) is 13.0 Å². The maximum absolute atomic E-state index is 13.1. The summed E-state index contributed by atoms with van der Waals surface area (Å²) < 4.78 is 13.1. The van der Waals surface area contributed by atoms with Crippen molar-refractivity contribution in [3.8, 4) is 0 Å². The standard InChI is InChI=1S/C22H23ClFN3O3/c1-14-5-4-6-18(20(14)22(30)27-11-2-3-12-27)26-19(28)9-10-25-21(29)16-8-7-15(24)13-17(16)23/h4-8,13H,2-3,9-12H2,1H3,(H,25,29)(H,26,28). The zero-order valence-corrected chi connectivity index (χ0v) is 17.4. The SMILES string of the molecule is Cc1cccc(NC(=O)CCNC(=O)c2ccc(F)cc2Cl)c1C(=O)N1CCCC1. The molecule has 1 aliphatic heterocycles. The first-order valence-electron chi connectivity index (χ1n) is 9.79. The van der Waals surface area contributed by atoms with Crippen LogP contribution < -0.4 is 10.6 Å². The van der Waals surface area contributed by atoms with E-state index in [9.17, 15) is 18.8 Å². The maximum atomic E-state index is 13.1. The Hall–Kier alpha value is -2.93. The van der Waals surface area contributed by atoms with Gasteiger partial charge in [0.15, 0.2) is 0 Å². The summed E-state index contributed by atoms with van der Waals surface area (Å²) in [5.74, 6) is -1.44. The van der Waals surface area contributed by atoms with Crippen LogP contribution in [0.3, 0.4) is 0 Å². The lowest BCUT2D eigenvalue weighted by Crippen LogP contribution is -2.30. The number of likely N-dealkylation sites (tertiary alicyclic amines) is 1. The van der Waals surface area contributed by atoms with Gasteiger partial charge < -0.3 is 15.5 Å². The van der Waals surface area contributed by atoms with Crippen molar-refractivity contribution in [1.82, 2.24) is 10.2 Å². The van der Waals surface area contributed by atoms with Gasteiger partial charge in [-0.25, -0.2) is 4.39 Å². The van der Waals surface area contributed by atoms with Crippen LogP contribution in [0.5, 0.6) is 0 Å². The number of amides is 3. The minimum atomic E-state index is -0.534. The lowest BCUT2D eigenvalue weighted by atomic mass is 10.0. The number of nitrogens with one attached hydrogen (secondary N) is 2. The van der Waals surface area contributed by atoms with Crippen LogP contribution in [-0.2, 0) is 4.79 Å². The van der Waals surface area contributed by atoms with E-state index in [1.54, 1.807) is 17.0 Å². The van der Waals surface area contributed by atoms with Gasteiger partial charge in [0.2, 0.25) is 5.91 Å². The van der Waals surface area contributed by atoms with Crippen molar-refractivity contribution in [3.05, 3.63) is 63.9 Å². The molecule has 1 aliphatic rings. The van der Waals surface area contributed by atoms with Crippen molar-refractivity contribution in [2.75, 3.05) is 25.0 Å². The summed E-state index contributed by atoms with van der Waals surface area (Å²) in [6, 6.07) is 8.81. The molecule has 0 bridgehead atoms. The molecule has 3 rings (SSSR count). The summed E-state index contributed by atoms with van der Waals surface area (Å²) in [7, 11) is 0. The number of aryl methyl sites for hydroxylation is 1. The summed E-state index contributed by atoms with van der Waals surface area (Å²) >= 11 is 5.87. The predicted molar refractivity (Wildman–Crippen MR) is 113 cm³/mol. The van der Waals surface area contributed by atoms with E-state index >= 15 is 0 Å². The molecule has 2 aromatic rings. The lowest BCUT2D eigenvalue weighted by molar-refractivity contribution is -0.116. The van der Waals surface area contributed by atoms with Crippen LogP contribution in [0.1, 0.15) is 45.5 Å². The third kappa shape index (κ3) is 5.16. The number of hydrogen-bond donors (Lipinski definition) is 2. The highest BCUT2D eigenvalue weighted by Gasteiger charge is 2.24. The van der Waals surface area contributed by atoms with Gasteiger partial charge in [0.1, 0.15) is 5.82 Å². The van der Waals surface area contributed by atoms with Crippen LogP contribution in [0.15, 0.2) is 36.4 Å². The van der Waals surface area contributed by atoms with Crippen LogP contribution in [0, 0.1) is 12.7 Å². The van der Waals surface area contributed by atoms with Gasteiger partial charge in [-0.2, -0.15) is 0 Å². The molecule has 1 saturated heterocycles. The first-order chi connectivity index (χ1) is 14.4. The largest absolute Gasteiger partial charge is 0.351 e. The van der Waals surface area contributed by atoms with Crippen molar-refractivity contribution < 1.29 is 18.8 Å². The number of hydrogen-bond acceptors (Lipinski definition) is 3. The summed E-state index contributed by atoms with van der Waals surface area (Å²) in [6.07, 6.45) is 1.98. The van der Waals surface area contributed by atoms with Crippen LogP contribution in [-0.4, -0.2) is 42.3 Å². The minimum Gasteiger partial charge on any atom is -0.351 e. The van der Waals surface area contributed by atoms with Crippen molar-refractivity contribution in [3.63, 3.8) is 0 Å². The first-order valence-corrected chi connectivity index (χ1v) is 10.2. The van der Waals surface area contributed by atoms with E-state index in [0.29, 0.717) is 11.3 Å². The van der Waals surface area contributed by atoms with Crippen molar-refractivity contribution in [2.24, 2.45) is 0 Å². The van der Waals surface area contributed by atoms with Gasteiger partial charge in [0.25, 0.3) is 11.8 Å². The molecule has 6 nitrogen and oxygen atoms in total. The monoisotopic (exact) mass is 431 g/mol. The molecule has 1 heterocycles. The van der Waals surface area contributed by atoms with Crippen molar-refractivity contribution in [2.45, 2.75) is 26.2 Å². The molecule has 8 heteroatoms. The molecule has 2 aromatic carbocycles. The van der Waals surface area contributed by atoms with Gasteiger partial charge >= 0.3 is 0 Å². The molecule has 0 spiro atoms. The highest BCUT2D eigenvalue weighted by Crippen LogP contribution is 2.24. The molecule has 1 fully saturated rings. The number of carbonyl (C=O) groups excluding carboxylic acids is 3. The summed E-state index contributed by atoms with van der Waals surface area (Å²) in [4.78, 5) is 39.2. The fourth-order valence-electron chi connectivity index (χ4n) is 3.41. The molecule has 0 radical (unpaired) electrons. The van der Waals surface area contributed by atoms with Gasteiger partial charge in [0, 0.05) is 26.1 Å². The van der Waals surface area contributed by atoms with Crippen LogP contribution in [0.25, 0.3) is 0 Å². The van der Waals surface area contributed by atoms with Crippen LogP contribution in [0.2, 0.25) is 5.02 Å². The molecular weight excluding hydrogens is 409 g/mol. The van der Waals surface area contributed by atoms with E-state index in [4.69, 9.17) is 11.6 Å². The smallest absolute Gasteiger partial charge is 0.256 e. The zero-order valence-electron chi connectivity index (χ0n) is 16.6. The number of carbonyl (C=O) groups is 3. The fourth-order valence-corrected chi connectivity index (χ4v) is 3.66. The normalized spacial score (nSPS) is 13.2. The van der Waals surface area contributed by atoms with Crippen LogP contribution >= 0.6 is 11.6 Å². The molecule has 158 valence electrons. The highest BCUT2D eigenvalue weighted by molar-refractivity contribution is 6.33. The Labute approximate surface area is 179 Å². The second-order valence-electron chi connectivity index (χ2n) is 7.18. The van der Waals surface area contributed by atoms with E-state index < -0.39 is 11.7 Å². The highest BCUT2D eigenvalue weighted by atomic mass is 35.5. The molecule has 2 N–H and O–H groups in total. The Morgan fingerprint density at radius 2 is 1.87 bits per heavy atom. The third-order valence-electron chi connectivity index (χ3n) is 4.97. The number of benzene rings is 2. The molecular formula is C22H23ClFN3O3. The van der Waals surface area contributed by atoms with Gasteiger partial charge in [0.05, 0.1) is 21.8 Å². The molecule has 0 atom stereocenters. The van der Waals surface area contributed by atoms with E-state index in [2.05, 4.69) is 10.6 Å². The lowest BCUT2D eigenvalue weighted by Gasteiger charge is -2.19. The van der Waals surface area contributed by atoms with Crippen molar-refractivity contribution in [1.29, 1.82) is 0 Å². The minimum absolute atomic E-state index is 0.00165. The first kappa shape index (κ1) is 21.8. The fraction of sp³-hybridized carbons (Fsp3) is 0.318. The summed E-state index contributed by atoms with van der Waals surface area (Å²) in [5.41, 5.74) is 1.89. The van der Waals surface area contributed by atoms with Gasteiger partial charge in [-0.15, -0.1) is 0 Å². The Kier molecular flexibility index (Phi) is 7.05. The molecule has 0 saturated carbocycles. The Morgan fingerprint density at radius 1 is 1.13 bits per heavy atom. The third-order valence-corrected chi connectivity index (χ3v) is 5.28. The van der Waals surface area contributed by atoms with Crippen LogP contribution in [0.4, 0.5) is 10.1 Å². The zero-order chi connectivity index (χ0) is 21.7. The second-order valence-corrected chi connectivity index (χ2v) is 7.58. The Morgan fingerprint density at radius 3 is 2.57 bits per heavy atom. The second kappa shape index (κ2) is 9.71. The average molecular weight is 432 g/mol. The molecule has 0 aliphatic carbocycles. The van der Waals surface area contributed by atoms with E-state index in [1.165, 1.54) is 6.07 Å². The molecule has 0 unspecified atom stereocenters. The summed E-state index contributed by atoms with van der Waals surface area (Å²) in [5, 5.41) is 5.36. The van der Waals surface area contributed by atoms with Crippen molar-refractivity contribution >= 4 is 35.0 Å². The number of anilines is 1. The quantitative estimate of drug-likeness (QED) is 0.730. The topological polar surface area (TPSA) is 78.5 Å². The number of rotatable bonds is 6. The Bertz CT molecular complexity index is 974. The summed E-state index contributed by atoms with van der Waals surface area (Å²) in [6.45, 7) is 3.35. The average Bonchev–Trinajstić information content (AvgIpc) is 3.22. The number of nitrogens with zero attached hydrogens (tertiary/aromatic N) is 1. The molecule has 0 aromatic heterocycles. The van der Waals surface area contributed by atoms with E-state index in [-0.39, 0.29) is 35.4 Å².